The first-order chi connectivity index (χ1) is 14.5. The molecule has 1 saturated carbocycles. The lowest BCUT2D eigenvalue weighted by Crippen LogP contribution is -2.39. The van der Waals surface area contributed by atoms with Crippen molar-refractivity contribution in [2.24, 2.45) is 0 Å². The molecule has 0 spiro atoms. The second-order valence-electron chi connectivity index (χ2n) is 7.94. The van der Waals surface area contributed by atoms with Crippen molar-refractivity contribution in [2.45, 2.75) is 56.0 Å². The van der Waals surface area contributed by atoms with Crippen molar-refractivity contribution in [2.75, 3.05) is 10.7 Å². The van der Waals surface area contributed by atoms with E-state index in [-0.39, 0.29) is 36.0 Å². The maximum Gasteiger partial charge on any atom is 0.251 e. The number of halogens is 1. The number of amides is 2. The zero-order valence-electron chi connectivity index (χ0n) is 16.7. The average Bonchev–Trinajstić information content (AvgIpc) is 2.99. The van der Waals surface area contributed by atoms with Crippen molar-refractivity contribution >= 4 is 28.3 Å². The number of carbonyl (C=O) groups excluding carboxylic acids is 2. The molecule has 5 nitrogen and oxygen atoms in total. The molecule has 0 aromatic heterocycles. The van der Waals surface area contributed by atoms with E-state index < -0.39 is 10.8 Å². The Hall–Kier alpha value is -2.54. The van der Waals surface area contributed by atoms with Crippen molar-refractivity contribution in [3.8, 4) is 0 Å². The number of hydrogen-bond donors (Lipinski definition) is 1. The summed E-state index contributed by atoms with van der Waals surface area (Å²) in [5.74, 6) is -0.974. The molecule has 30 heavy (non-hydrogen) atoms. The van der Waals surface area contributed by atoms with Gasteiger partial charge >= 0.3 is 0 Å². The summed E-state index contributed by atoms with van der Waals surface area (Å²) in [6.45, 7) is 0.161. The Kier molecular flexibility index (Phi) is 6.27. The van der Waals surface area contributed by atoms with Crippen LogP contribution in [-0.2, 0) is 22.1 Å². The van der Waals surface area contributed by atoms with Crippen LogP contribution in [0.25, 0.3) is 0 Å². The largest absolute Gasteiger partial charge is 0.349 e. The Morgan fingerprint density at radius 1 is 1.10 bits per heavy atom. The second kappa shape index (κ2) is 9.08. The van der Waals surface area contributed by atoms with Crippen LogP contribution in [0.3, 0.4) is 0 Å². The molecule has 1 unspecified atom stereocenters. The summed E-state index contributed by atoms with van der Waals surface area (Å²) in [4.78, 5) is 27.5. The normalized spacial score (nSPS) is 19.8. The molecule has 2 amide bonds. The molecule has 2 aliphatic rings. The van der Waals surface area contributed by atoms with Gasteiger partial charge in [-0.1, -0.05) is 37.8 Å². The number of anilines is 1. The molecule has 1 aliphatic heterocycles. The number of benzene rings is 2. The standard InChI is InChI=1S/C23H25FN2O3S/c24-18-7-5-6-16(12-18)14-26-20-13-17(10-11-21(20)30(29)15-22(26)27)23(28)25-19-8-3-1-2-4-9-19/h5-7,10-13,19H,1-4,8-9,14-15H2,(H,25,28). The smallest absolute Gasteiger partial charge is 0.251 e. The van der Waals surface area contributed by atoms with Gasteiger partial charge in [-0.15, -0.1) is 0 Å². The van der Waals surface area contributed by atoms with Crippen LogP contribution in [-0.4, -0.2) is 27.8 Å². The van der Waals surface area contributed by atoms with Gasteiger partial charge in [-0.05, 0) is 48.7 Å². The predicted octanol–water partition coefficient (Wildman–Crippen LogP) is 3.93. The fourth-order valence-corrected chi connectivity index (χ4v) is 5.31. The highest BCUT2D eigenvalue weighted by molar-refractivity contribution is 7.86. The Bertz CT molecular complexity index is 986. The molecule has 0 radical (unpaired) electrons. The summed E-state index contributed by atoms with van der Waals surface area (Å²) in [5, 5.41) is 3.11. The maximum absolute atomic E-state index is 13.6. The molecule has 4 rings (SSSR count). The van der Waals surface area contributed by atoms with Gasteiger partial charge in [0.1, 0.15) is 11.6 Å². The van der Waals surface area contributed by atoms with Crippen LogP contribution in [0.2, 0.25) is 0 Å². The quantitative estimate of drug-likeness (QED) is 0.751. The van der Waals surface area contributed by atoms with Gasteiger partial charge in [0, 0.05) is 11.6 Å². The van der Waals surface area contributed by atoms with E-state index in [2.05, 4.69) is 5.32 Å². The maximum atomic E-state index is 13.6. The van der Waals surface area contributed by atoms with E-state index in [1.165, 1.54) is 29.9 Å². The van der Waals surface area contributed by atoms with Crippen molar-refractivity contribution in [1.29, 1.82) is 0 Å². The number of nitrogens with zero attached hydrogens (tertiary/aromatic N) is 1. The summed E-state index contributed by atoms with van der Waals surface area (Å²) < 4.78 is 26.1. The molecular formula is C23H25FN2O3S. The third kappa shape index (κ3) is 4.61. The number of hydrogen-bond acceptors (Lipinski definition) is 3. The number of nitrogens with one attached hydrogen (secondary N) is 1. The minimum absolute atomic E-state index is 0.115. The number of fused-ring (bicyclic) bond motifs is 1. The van der Waals surface area contributed by atoms with Gasteiger partial charge in [-0.3, -0.25) is 13.8 Å². The number of rotatable bonds is 4. The topological polar surface area (TPSA) is 66.5 Å². The Labute approximate surface area is 178 Å². The molecule has 1 fully saturated rings. The van der Waals surface area contributed by atoms with E-state index in [4.69, 9.17) is 0 Å². The molecule has 7 heteroatoms. The van der Waals surface area contributed by atoms with Crippen LogP contribution in [0.4, 0.5) is 10.1 Å². The van der Waals surface area contributed by atoms with Crippen molar-refractivity contribution in [1.82, 2.24) is 5.32 Å². The Morgan fingerprint density at radius 3 is 2.60 bits per heavy atom. The van der Waals surface area contributed by atoms with Gasteiger partial charge in [-0.25, -0.2) is 4.39 Å². The molecule has 1 atom stereocenters. The van der Waals surface area contributed by atoms with Crippen LogP contribution in [0.5, 0.6) is 0 Å². The molecule has 0 saturated heterocycles. The van der Waals surface area contributed by atoms with E-state index in [1.54, 1.807) is 30.3 Å². The molecule has 1 aliphatic carbocycles. The SMILES string of the molecule is O=C(NC1CCCCCC1)c1ccc2c(c1)N(Cc1cccc(F)c1)C(=O)CS2=O. The highest BCUT2D eigenvalue weighted by Crippen LogP contribution is 2.31. The molecule has 158 valence electrons. The van der Waals surface area contributed by atoms with Crippen molar-refractivity contribution < 1.29 is 18.2 Å². The first kappa shape index (κ1) is 20.7. The molecule has 1 N–H and O–H groups in total. The van der Waals surface area contributed by atoms with Crippen LogP contribution < -0.4 is 10.2 Å². The van der Waals surface area contributed by atoms with Crippen molar-refractivity contribution in [3.05, 3.63) is 59.4 Å². The van der Waals surface area contributed by atoms with Gasteiger partial charge in [0.2, 0.25) is 5.91 Å². The Balaban J connectivity index is 1.60. The third-order valence-corrected chi connectivity index (χ3v) is 7.08. The lowest BCUT2D eigenvalue weighted by atomic mass is 10.1. The summed E-state index contributed by atoms with van der Waals surface area (Å²) >= 11 is 0. The molecule has 0 bridgehead atoms. The third-order valence-electron chi connectivity index (χ3n) is 5.73. The highest BCUT2D eigenvalue weighted by atomic mass is 32.2. The highest BCUT2D eigenvalue weighted by Gasteiger charge is 2.30. The molecule has 2 aromatic rings. The van der Waals surface area contributed by atoms with Crippen molar-refractivity contribution in [3.63, 3.8) is 0 Å². The summed E-state index contributed by atoms with van der Waals surface area (Å²) in [7, 11) is -1.46. The summed E-state index contributed by atoms with van der Waals surface area (Å²) in [5.41, 5.74) is 1.53. The van der Waals surface area contributed by atoms with Crippen LogP contribution in [0.1, 0.15) is 54.4 Å². The molecule has 1 heterocycles. The minimum atomic E-state index is -1.46. The van der Waals surface area contributed by atoms with Gasteiger partial charge in [0.25, 0.3) is 5.91 Å². The zero-order chi connectivity index (χ0) is 21.1. The fraction of sp³-hybridized carbons (Fsp3) is 0.391. The predicted molar refractivity (Wildman–Crippen MR) is 114 cm³/mol. The first-order valence-electron chi connectivity index (χ1n) is 10.4. The monoisotopic (exact) mass is 428 g/mol. The number of carbonyl (C=O) groups is 2. The van der Waals surface area contributed by atoms with Gasteiger partial charge in [0.15, 0.2) is 0 Å². The second-order valence-corrected chi connectivity index (χ2v) is 9.36. The van der Waals surface area contributed by atoms with Crippen LogP contribution in [0.15, 0.2) is 47.4 Å². The van der Waals surface area contributed by atoms with E-state index in [1.807, 2.05) is 0 Å². The Morgan fingerprint density at radius 2 is 1.87 bits per heavy atom. The average molecular weight is 429 g/mol. The minimum Gasteiger partial charge on any atom is -0.349 e. The summed E-state index contributed by atoms with van der Waals surface area (Å²) in [6.07, 6.45) is 6.59. The fourth-order valence-electron chi connectivity index (χ4n) is 4.15. The summed E-state index contributed by atoms with van der Waals surface area (Å²) in [6, 6.07) is 11.2. The van der Waals surface area contributed by atoms with E-state index in [0.717, 1.165) is 25.7 Å². The first-order valence-corrected chi connectivity index (χ1v) is 11.7. The lowest BCUT2D eigenvalue weighted by Gasteiger charge is -2.29. The molecular weight excluding hydrogens is 403 g/mol. The van der Waals surface area contributed by atoms with Gasteiger partial charge < -0.3 is 10.2 Å². The van der Waals surface area contributed by atoms with E-state index in [9.17, 15) is 18.2 Å². The lowest BCUT2D eigenvalue weighted by molar-refractivity contribution is -0.116. The van der Waals surface area contributed by atoms with Gasteiger partial charge in [0.05, 0.1) is 27.9 Å². The molecule has 2 aromatic carbocycles. The van der Waals surface area contributed by atoms with E-state index >= 15 is 0 Å². The van der Waals surface area contributed by atoms with Crippen LogP contribution >= 0.6 is 0 Å². The zero-order valence-corrected chi connectivity index (χ0v) is 17.6. The van der Waals surface area contributed by atoms with Crippen LogP contribution in [0, 0.1) is 5.82 Å². The van der Waals surface area contributed by atoms with E-state index in [0.29, 0.717) is 21.7 Å². The van der Waals surface area contributed by atoms with Gasteiger partial charge in [-0.2, -0.15) is 0 Å².